The quantitative estimate of drug-likeness (QED) is 0.602. The van der Waals surface area contributed by atoms with Crippen LogP contribution in [0.15, 0.2) is 42.5 Å². The highest BCUT2D eigenvalue weighted by molar-refractivity contribution is 7.99. The van der Waals surface area contributed by atoms with Gasteiger partial charge in [0, 0.05) is 17.8 Å². The molecule has 2 aromatic rings. The number of hydrogen-bond acceptors (Lipinski definition) is 5. The molecule has 2 unspecified atom stereocenters. The number of benzene rings is 2. The maximum absolute atomic E-state index is 13.1. The lowest BCUT2D eigenvalue weighted by Gasteiger charge is -2.20. The second kappa shape index (κ2) is 10.1. The van der Waals surface area contributed by atoms with Crippen LogP contribution in [-0.2, 0) is 17.6 Å². The molecule has 156 valence electrons. The summed E-state index contributed by atoms with van der Waals surface area (Å²) in [6.07, 6.45) is 4.64. The summed E-state index contributed by atoms with van der Waals surface area (Å²) in [5.41, 5.74) is 2.44. The van der Waals surface area contributed by atoms with Crippen LogP contribution in [0.4, 0.5) is 4.39 Å². The molecule has 0 aromatic heterocycles. The number of hydrogen-bond donors (Lipinski definition) is 0. The number of esters is 1. The Balaban J connectivity index is 1.67. The molecule has 0 amide bonds. The van der Waals surface area contributed by atoms with Crippen LogP contribution in [0.3, 0.4) is 0 Å². The average Bonchev–Trinajstić information content (AvgIpc) is 3.11. The molecule has 0 spiro atoms. The predicted molar refractivity (Wildman–Crippen MR) is 115 cm³/mol. The molecule has 0 aliphatic carbocycles. The van der Waals surface area contributed by atoms with Crippen molar-refractivity contribution >= 4 is 17.7 Å². The highest BCUT2D eigenvalue weighted by atomic mass is 32.2. The Hall–Kier alpha value is -2.05. The van der Waals surface area contributed by atoms with E-state index < -0.39 is 0 Å². The van der Waals surface area contributed by atoms with Gasteiger partial charge in [0.2, 0.25) is 0 Å². The summed E-state index contributed by atoms with van der Waals surface area (Å²) in [5, 5.41) is 0.646. The van der Waals surface area contributed by atoms with Gasteiger partial charge in [-0.15, -0.1) is 0 Å². The topological polar surface area (TPSA) is 38.8 Å². The maximum Gasteiger partial charge on any atom is 0.338 e. The molecule has 0 bridgehead atoms. The molecule has 1 aliphatic heterocycles. The van der Waals surface area contributed by atoms with Crippen LogP contribution >= 0.6 is 11.8 Å². The summed E-state index contributed by atoms with van der Waals surface area (Å²) < 4.78 is 24.1. The number of methoxy groups -OCH3 is 1. The molecule has 6 heteroatoms. The van der Waals surface area contributed by atoms with Crippen LogP contribution < -0.4 is 4.74 Å². The van der Waals surface area contributed by atoms with Crippen LogP contribution in [0, 0.1) is 5.82 Å². The zero-order valence-corrected chi connectivity index (χ0v) is 18.0. The summed E-state index contributed by atoms with van der Waals surface area (Å²) in [5.74, 6) is 0.0594. The second-order valence-corrected chi connectivity index (χ2v) is 8.57. The number of thioether (sulfide) groups is 1. The minimum atomic E-state index is -0.370. The van der Waals surface area contributed by atoms with E-state index in [1.165, 1.54) is 19.2 Å². The molecule has 3 rings (SSSR count). The fourth-order valence-corrected chi connectivity index (χ4v) is 4.48. The van der Waals surface area contributed by atoms with Crippen molar-refractivity contribution in [1.29, 1.82) is 0 Å². The standard InChI is InChI=1S/C23H28FNO3S/c1-25-14-21(29-3)12-19(25)15-28-20-11-8-17(22(13-20)23(26)27-2)7-4-16-5-9-18(24)10-6-16/h5-6,8-11,13,19,21H,4,7,12,14-15H2,1-3H3. The van der Waals surface area contributed by atoms with Crippen LogP contribution in [0.5, 0.6) is 5.75 Å². The van der Waals surface area contributed by atoms with E-state index in [1.807, 2.05) is 23.9 Å². The van der Waals surface area contributed by atoms with Crippen molar-refractivity contribution in [2.45, 2.75) is 30.6 Å². The fourth-order valence-electron chi connectivity index (χ4n) is 3.68. The second-order valence-electron chi connectivity index (χ2n) is 7.43. The van der Waals surface area contributed by atoms with Crippen molar-refractivity contribution in [2.75, 3.05) is 33.6 Å². The fraction of sp³-hybridized carbons (Fsp3) is 0.435. The van der Waals surface area contributed by atoms with E-state index in [0.717, 1.165) is 24.1 Å². The molecular formula is C23H28FNO3S. The van der Waals surface area contributed by atoms with Crippen LogP contribution in [0.1, 0.15) is 27.9 Å². The van der Waals surface area contributed by atoms with Gasteiger partial charge >= 0.3 is 5.97 Å². The summed E-state index contributed by atoms with van der Waals surface area (Å²) in [7, 11) is 3.51. The first-order chi connectivity index (χ1) is 14.0. The van der Waals surface area contributed by atoms with Crippen molar-refractivity contribution in [3.8, 4) is 5.75 Å². The normalized spacial score (nSPS) is 19.3. The van der Waals surface area contributed by atoms with Gasteiger partial charge in [-0.3, -0.25) is 4.90 Å². The van der Waals surface area contributed by atoms with Gasteiger partial charge in [-0.1, -0.05) is 18.2 Å². The van der Waals surface area contributed by atoms with Crippen LogP contribution in [0.2, 0.25) is 0 Å². The average molecular weight is 418 g/mol. The number of aryl methyl sites for hydroxylation is 2. The van der Waals surface area contributed by atoms with E-state index in [4.69, 9.17) is 9.47 Å². The first-order valence-corrected chi connectivity index (χ1v) is 11.1. The molecule has 1 aliphatic rings. The van der Waals surface area contributed by atoms with Gasteiger partial charge in [-0.25, -0.2) is 9.18 Å². The molecule has 1 fully saturated rings. The van der Waals surface area contributed by atoms with E-state index in [0.29, 0.717) is 42.1 Å². The number of likely N-dealkylation sites (N-methyl/N-ethyl adjacent to an activating group) is 1. The Morgan fingerprint density at radius 1 is 1.21 bits per heavy atom. The zero-order chi connectivity index (χ0) is 20.8. The van der Waals surface area contributed by atoms with E-state index in [1.54, 1.807) is 18.2 Å². The lowest BCUT2D eigenvalue weighted by molar-refractivity contribution is 0.0599. The van der Waals surface area contributed by atoms with Gasteiger partial charge in [0.25, 0.3) is 0 Å². The predicted octanol–water partition coefficient (Wildman–Crippen LogP) is 4.21. The number of ether oxygens (including phenoxy) is 2. The molecule has 2 aromatic carbocycles. The lowest BCUT2D eigenvalue weighted by Crippen LogP contribution is -2.30. The Bertz CT molecular complexity index is 827. The van der Waals surface area contributed by atoms with Crippen molar-refractivity contribution in [3.05, 3.63) is 65.0 Å². The molecule has 0 N–H and O–H groups in total. The van der Waals surface area contributed by atoms with Gasteiger partial charge in [-0.05, 0) is 68.0 Å². The number of carbonyl (C=O) groups is 1. The summed E-state index contributed by atoms with van der Waals surface area (Å²) in [6, 6.07) is 12.4. The number of rotatable bonds is 8. The van der Waals surface area contributed by atoms with Gasteiger partial charge < -0.3 is 9.47 Å². The summed E-state index contributed by atoms with van der Waals surface area (Å²) >= 11 is 1.90. The van der Waals surface area contributed by atoms with Gasteiger partial charge in [-0.2, -0.15) is 11.8 Å². The highest BCUT2D eigenvalue weighted by Crippen LogP contribution is 2.26. The molecular weight excluding hydrogens is 389 g/mol. The van der Waals surface area contributed by atoms with Gasteiger partial charge in [0.05, 0.1) is 12.7 Å². The van der Waals surface area contributed by atoms with Crippen LogP contribution in [0.25, 0.3) is 0 Å². The van der Waals surface area contributed by atoms with Crippen molar-refractivity contribution in [2.24, 2.45) is 0 Å². The first-order valence-electron chi connectivity index (χ1n) is 9.81. The third kappa shape index (κ3) is 5.73. The van der Waals surface area contributed by atoms with E-state index in [2.05, 4.69) is 18.2 Å². The Labute approximate surface area is 176 Å². The van der Waals surface area contributed by atoms with Gasteiger partial charge in [0.15, 0.2) is 0 Å². The monoisotopic (exact) mass is 417 g/mol. The molecule has 0 radical (unpaired) electrons. The van der Waals surface area contributed by atoms with Crippen molar-refractivity contribution < 1.29 is 18.7 Å². The number of carbonyl (C=O) groups excluding carboxylic acids is 1. The van der Waals surface area contributed by atoms with E-state index in [-0.39, 0.29) is 11.8 Å². The molecule has 4 nitrogen and oxygen atoms in total. The largest absolute Gasteiger partial charge is 0.492 e. The smallest absolute Gasteiger partial charge is 0.338 e. The Morgan fingerprint density at radius 2 is 1.97 bits per heavy atom. The molecule has 29 heavy (non-hydrogen) atoms. The van der Waals surface area contributed by atoms with E-state index in [9.17, 15) is 9.18 Å². The summed E-state index contributed by atoms with van der Waals surface area (Å²) in [4.78, 5) is 14.6. The number of halogens is 1. The summed E-state index contributed by atoms with van der Waals surface area (Å²) in [6.45, 7) is 1.67. The Morgan fingerprint density at radius 3 is 2.62 bits per heavy atom. The van der Waals surface area contributed by atoms with E-state index >= 15 is 0 Å². The minimum Gasteiger partial charge on any atom is -0.492 e. The lowest BCUT2D eigenvalue weighted by atomic mass is 9.99. The maximum atomic E-state index is 13.1. The number of nitrogens with zero attached hydrogens (tertiary/aromatic N) is 1. The third-order valence-corrected chi connectivity index (χ3v) is 6.52. The molecule has 2 atom stereocenters. The molecule has 1 heterocycles. The van der Waals surface area contributed by atoms with Crippen LogP contribution in [-0.4, -0.2) is 55.7 Å². The van der Waals surface area contributed by atoms with Gasteiger partial charge in [0.1, 0.15) is 18.2 Å². The van der Waals surface area contributed by atoms with Crippen molar-refractivity contribution in [3.63, 3.8) is 0 Å². The van der Waals surface area contributed by atoms with Crippen molar-refractivity contribution in [1.82, 2.24) is 4.90 Å². The molecule has 0 saturated carbocycles. The number of likely N-dealkylation sites (tertiary alicyclic amines) is 1. The highest BCUT2D eigenvalue weighted by Gasteiger charge is 2.29. The molecule has 1 saturated heterocycles. The Kier molecular flexibility index (Phi) is 7.56. The first kappa shape index (κ1) is 21.7. The minimum absolute atomic E-state index is 0.248. The SMILES string of the molecule is COC(=O)c1cc(OCC2CC(SC)CN2C)ccc1CCc1ccc(F)cc1. The zero-order valence-electron chi connectivity index (χ0n) is 17.2. The third-order valence-electron chi connectivity index (χ3n) is 5.51.